The van der Waals surface area contributed by atoms with Crippen LogP contribution in [0.3, 0.4) is 0 Å². The smallest absolute Gasteiger partial charge is 0.374 e. The van der Waals surface area contributed by atoms with Gasteiger partial charge in [0.2, 0.25) is 10.0 Å². The van der Waals surface area contributed by atoms with Gasteiger partial charge in [-0.1, -0.05) is 18.2 Å². The number of rotatable bonds is 4. The van der Waals surface area contributed by atoms with Crippen LogP contribution < -0.4 is 20.8 Å². The summed E-state index contributed by atoms with van der Waals surface area (Å²) in [6.07, 6.45) is -4.69. The molecular formula is C18H16F3N5O3S2. The third-order valence-corrected chi connectivity index (χ3v) is 5.51. The third-order valence-electron chi connectivity index (χ3n) is 4.43. The van der Waals surface area contributed by atoms with E-state index in [1.54, 1.807) is 0 Å². The molecule has 2 aromatic rings. The predicted molar refractivity (Wildman–Crippen MR) is 113 cm³/mol. The van der Waals surface area contributed by atoms with E-state index in [0.717, 1.165) is 28.1 Å². The molecule has 164 valence electrons. The average Bonchev–Trinajstić information content (AvgIpc) is 2.95. The number of carbonyl (C=O) groups excluding carboxylic acids is 1. The van der Waals surface area contributed by atoms with Gasteiger partial charge in [0.1, 0.15) is 0 Å². The number of anilines is 2. The molecule has 13 heteroatoms. The van der Waals surface area contributed by atoms with E-state index in [1.807, 2.05) is 0 Å². The number of sulfonamides is 1. The van der Waals surface area contributed by atoms with Crippen molar-refractivity contribution in [1.29, 1.82) is 0 Å². The zero-order chi connectivity index (χ0) is 23.1. The molecule has 0 radical (unpaired) electrons. The van der Waals surface area contributed by atoms with Crippen molar-refractivity contribution in [2.75, 3.05) is 16.5 Å². The highest BCUT2D eigenvalue weighted by Gasteiger charge is 2.43. The van der Waals surface area contributed by atoms with Gasteiger partial charge in [0.25, 0.3) is 5.91 Å². The number of nitrogens with zero attached hydrogens (tertiary/aromatic N) is 3. The number of alkyl halides is 3. The van der Waals surface area contributed by atoms with Gasteiger partial charge in [0.15, 0.2) is 10.8 Å². The van der Waals surface area contributed by atoms with Gasteiger partial charge >= 0.3 is 6.18 Å². The maximum atomic E-state index is 13.5. The van der Waals surface area contributed by atoms with E-state index in [2.05, 4.69) is 5.10 Å². The standard InChI is InChI=1S/C18H16F3N5O3S2/c1-2-25-15-12(7-4-8-13(15)18(19,20)21)14(16(25)27)24-26(17(22)30)10-5-3-6-11(9-10)31(23,28)29/h3-9H,2H2,1H3,(H2,22,30)(H2,23,28,29)/b24-14-. The van der Waals surface area contributed by atoms with Crippen LogP contribution in [0.5, 0.6) is 0 Å². The van der Waals surface area contributed by atoms with Gasteiger partial charge in [0, 0.05) is 12.1 Å². The van der Waals surface area contributed by atoms with Crippen molar-refractivity contribution in [3.63, 3.8) is 0 Å². The van der Waals surface area contributed by atoms with Crippen LogP contribution in [0.15, 0.2) is 52.5 Å². The summed E-state index contributed by atoms with van der Waals surface area (Å²) in [6, 6.07) is 8.48. The fraction of sp³-hybridized carbons (Fsp3) is 0.167. The molecule has 2 aromatic carbocycles. The molecule has 0 aliphatic carbocycles. The number of hydrogen-bond donors (Lipinski definition) is 2. The highest BCUT2D eigenvalue weighted by atomic mass is 32.2. The molecule has 3 rings (SSSR count). The molecule has 0 bridgehead atoms. The van der Waals surface area contributed by atoms with Gasteiger partial charge in [-0.3, -0.25) is 4.79 Å². The van der Waals surface area contributed by atoms with Crippen LogP contribution in [0, 0.1) is 0 Å². The van der Waals surface area contributed by atoms with Gasteiger partial charge in [-0.15, -0.1) is 0 Å². The minimum absolute atomic E-state index is 0.0358. The van der Waals surface area contributed by atoms with Gasteiger partial charge in [-0.05, 0) is 43.4 Å². The number of nitrogens with two attached hydrogens (primary N) is 2. The molecule has 0 atom stereocenters. The molecule has 0 saturated carbocycles. The van der Waals surface area contributed by atoms with Gasteiger partial charge in [-0.2, -0.15) is 18.3 Å². The minimum atomic E-state index is -4.69. The topological polar surface area (TPSA) is 122 Å². The third kappa shape index (κ3) is 4.24. The van der Waals surface area contributed by atoms with E-state index in [-0.39, 0.29) is 39.2 Å². The number of thiocarbonyl (C=S) groups is 1. The molecule has 0 fully saturated rings. The van der Waals surface area contributed by atoms with Crippen LogP contribution in [0.1, 0.15) is 18.1 Å². The van der Waals surface area contributed by atoms with E-state index in [4.69, 9.17) is 23.1 Å². The molecule has 0 unspecified atom stereocenters. The Bertz CT molecular complexity index is 1210. The molecule has 8 nitrogen and oxygen atoms in total. The second-order valence-electron chi connectivity index (χ2n) is 6.39. The van der Waals surface area contributed by atoms with Crippen molar-refractivity contribution in [3.05, 3.63) is 53.6 Å². The molecular weight excluding hydrogens is 455 g/mol. The van der Waals surface area contributed by atoms with Crippen molar-refractivity contribution in [1.82, 2.24) is 0 Å². The summed E-state index contributed by atoms with van der Waals surface area (Å²) in [6.45, 7) is 1.49. The molecule has 1 aliphatic rings. The number of amides is 1. The molecule has 0 saturated heterocycles. The van der Waals surface area contributed by atoms with Crippen molar-refractivity contribution in [2.24, 2.45) is 16.0 Å². The number of hydrogen-bond acceptors (Lipinski definition) is 5. The fourth-order valence-corrected chi connectivity index (χ4v) is 3.82. The largest absolute Gasteiger partial charge is 0.418 e. The number of halogens is 3. The molecule has 1 aliphatic heterocycles. The Morgan fingerprint density at radius 1 is 1.23 bits per heavy atom. The van der Waals surface area contributed by atoms with E-state index in [1.165, 1.54) is 31.2 Å². The Labute approximate surface area is 181 Å². The second-order valence-corrected chi connectivity index (χ2v) is 8.37. The molecule has 31 heavy (non-hydrogen) atoms. The Morgan fingerprint density at radius 3 is 2.42 bits per heavy atom. The fourth-order valence-electron chi connectivity index (χ4n) is 3.12. The lowest BCUT2D eigenvalue weighted by atomic mass is 10.1. The molecule has 0 spiro atoms. The summed E-state index contributed by atoms with van der Waals surface area (Å²) in [5.74, 6) is -0.780. The zero-order valence-corrected chi connectivity index (χ0v) is 17.6. The Hall–Kier alpha value is -3.03. The summed E-state index contributed by atoms with van der Waals surface area (Å²) in [4.78, 5) is 13.6. The monoisotopic (exact) mass is 471 g/mol. The number of primary sulfonamides is 1. The number of hydrazone groups is 1. The molecule has 0 aromatic heterocycles. The highest BCUT2D eigenvalue weighted by molar-refractivity contribution is 7.89. The first-order chi connectivity index (χ1) is 14.4. The first-order valence-electron chi connectivity index (χ1n) is 8.69. The maximum Gasteiger partial charge on any atom is 0.418 e. The first kappa shape index (κ1) is 22.7. The van der Waals surface area contributed by atoms with Crippen molar-refractivity contribution < 1.29 is 26.4 Å². The maximum absolute atomic E-state index is 13.5. The SMILES string of the molecule is CCN1C(=O)/C(=N\N(C(N)=S)c2cccc(S(N)(=O)=O)c2)c2cccc(C(F)(F)F)c21. The number of likely N-dealkylation sites (N-methyl/N-ethyl adjacent to an activating group) is 1. The van der Waals surface area contributed by atoms with Crippen LogP contribution in [0.4, 0.5) is 24.5 Å². The van der Waals surface area contributed by atoms with Crippen molar-refractivity contribution in [2.45, 2.75) is 18.0 Å². The minimum Gasteiger partial charge on any atom is -0.374 e. The predicted octanol–water partition coefficient (Wildman–Crippen LogP) is 2.17. The van der Waals surface area contributed by atoms with Crippen LogP contribution in [0.25, 0.3) is 0 Å². The number of carbonyl (C=O) groups is 1. The number of para-hydroxylation sites is 1. The summed E-state index contributed by atoms with van der Waals surface area (Å²) in [5.41, 5.74) is 4.09. The summed E-state index contributed by atoms with van der Waals surface area (Å²) in [5, 5.41) is 9.76. The van der Waals surface area contributed by atoms with Gasteiger partial charge in [0.05, 0.1) is 21.8 Å². The van der Waals surface area contributed by atoms with E-state index in [9.17, 15) is 26.4 Å². The van der Waals surface area contributed by atoms with Crippen molar-refractivity contribution >= 4 is 50.3 Å². The number of fused-ring (bicyclic) bond motifs is 1. The molecule has 1 heterocycles. The summed E-state index contributed by atoms with van der Waals surface area (Å²) >= 11 is 4.96. The zero-order valence-electron chi connectivity index (χ0n) is 15.9. The second kappa shape index (κ2) is 7.90. The average molecular weight is 471 g/mol. The Kier molecular flexibility index (Phi) is 5.78. The lowest BCUT2D eigenvalue weighted by Gasteiger charge is -2.19. The normalized spacial score (nSPS) is 15.3. The number of benzene rings is 2. The highest BCUT2D eigenvalue weighted by Crippen LogP contribution is 2.42. The van der Waals surface area contributed by atoms with Crippen LogP contribution in [-0.4, -0.2) is 31.7 Å². The van der Waals surface area contributed by atoms with Crippen LogP contribution in [-0.2, 0) is 21.0 Å². The lowest BCUT2D eigenvalue weighted by molar-refractivity contribution is -0.137. The van der Waals surface area contributed by atoms with Crippen molar-refractivity contribution in [3.8, 4) is 0 Å². The van der Waals surface area contributed by atoms with Gasteiger partial charge < -0.3 is 10.6 Å². The summed E-state index contributed by atoms with van der Waals surface area (Å²) < 4.78 is 63.8. The van der Waals surface area contributed by atoms with Gasteiger partial charge in [-0.25, -0.2) is 18.6 Å². The Balaban J connectivity index is 2.21. The summed E-state index contributed by atoms with van der Waals surface area (Å²) in [7, 11) is -4.07. The van der Waals surface area contributed by atoms with E-state index >= 15 is 0 Å². The molecule has 1 amide bonds. The molecule has 4 N–H and O–H groups in total. The van der Waals surface area contributed by atoms with Crippen LogP contribution in [0.2, 0.25) is 0 Å². The van der Waals surface area contributed by atoms with E-state index in [0.29, 0.717) is 0 Å². The van der Waals surface area contributed by atoms with Crippen LogP contribution >= 0.6 is 12.2 Å². The Morgan fingerprint density at radius 2 is 1.87 bits per heavy atom. The first-order valence-corrected chi connectivity index (χ1v) is 10.6. The van der Waals surface area contributed by atoms with E-state index < -0.39 is 27.7 Å². The lowest BCUT2D eigenvalue weighted by Crippen LogP contribution is -2.35. The quantitative estimate of drug-likeness (QED) is 0.521.